The number of fused-ring (bicyclic) bond motifs is 3. The van der Waals surface area contributed by atoms with E-state index in [-0.39, 0.29) is 24.3 Å². The van der Waals surface area contributed by atoms with Gasteiger partial charge < -0.3 is 14.0 Å². The summed E-state index contributed by atoms with van der Waals surface area (Å²) < 4.78 is 17.0. The number of hydrogen-bond acceptors (Lipinski definition) is 5. The fourth-order valence-corrected chi connectivity index (χ4v) is 2.58. The number of aromatic nitrogens is 1. The van der Waals surface area contributed by atoms with E-state index in [1.807, 2.05) is 5.38 Å². The minimum Gasteiger partial charge on any atom is -0.539 e. The van der Waals surface area contributed by atoms with Crippen molar-refractivity contribution < 1.29 is 32.8 Å². The Balaban J connectivity index is 0.000000853. The van der Waals surface area contributed by atoms with Gasteiger partial charge in [-0.1, -0.05) is 6.92 Å². The second-order valence-corrected chi connectivity index (χ2v) is 5.18. The van der Waals surface area contributed by atoms with Crippen LogP contribution in [0.15, 0.2) is 11.6 Å². The molecule has 3 fully saturated rings. The Bertz CT molecular complexity index is 323. The minimum atomic E-state index is -1.70. The van der Waals surface area contributed by atoms with Crippen molar-refractivity contribution in [3.8, 4) is 0 Å². The monoisotopic (exact) mass is 219 g/mol. The molecule has 0 aliphatic carbocycles. The fourth-order valence-electron chi connectivity index (χ4n) is 1.82. The molecule has 0 spiro atoms. The number of rotatable bonds is 1. The summed E-state index contributed by atoms with van der Waals surface area (Å²) in [5.41, 5.74) is 0.0285. The molecule has 0 amide bonds. The van der Waals surface area contributed by atoms with E-state index in [1.54, 1.807) is 6.20 Å². The average molecular weight is 219 g/mol. The number of hydrogen-bond donors (Lipinski definition) is 0. The normalized spacial score (nSPS) is 38.7. The van der Waals surface area contributed by atoms with Gasteiger partial charge in [0.1, 0.15) is 0 Å². The Morgan fingerprint density at radius 2 is 1.93 bits per heavy atom. The van der Waals surface area contributed by atoms with Crippen molar-refractivity contribution in [3.05, 3.63) is 11.6 Å². The van der Waals surface area contributed by atoms with Gasteiger partial charge in [-0.3, -0.25) is 4.98 Å². The molecule has 2 bridgehead atoms. The zero-order valence-corrected chi connectivity index (χ0v) is 9.75. The van der Waals surface area contributed by atoms with Gasteiger partial charge in [-0.05, 0) is 0 Å². The molecule has 3 saturated heterocycles. The summed E-state index contributed by atoms with van der Waals surface area (Å²) in [6.07, 6.45) is 1.75. The third-order valence-corrected chi connectivity index (χ3v) is 3.60. The topological polar surface area (TPSA) is 40.6 Å². The molecular weight excluding hydrogens is 208 g/mol. The van der Waals surface area contributed by atoms with Crippen LogP contribution >= 0.6 is 11.3 Å². The predicted molar refractivity (Wildman–Crippen MR) is 53.5 cm³/mol. The largest absolute Gasteiger partial charge is 1.00 e. The van der Waals surface area contributed by atoms with Gasteiger partial charge in [0.15, 0.2) is 0 Å². The standard InChI is InChI=1S/C8H11BNO3S.Li/c1-8-4-11-9(12-5-8,13-6-8)7-10-2-3-14-7;/h2-3H,4-6H2,1H3;/q-1;+1. The van der Waals surface area contributed by atoms with Gasteiger partial charge in [-0.2, -0.15) is 11.3 Å². The Morgan fingerprint density at radius 3 is 2.40 bits per heavy atom. The molecule has 0 radical (unpaired) electrons. The summed E-state index contributed by atoms with van der Waals surface area (Å²) in [5, 5.41) is 1.91. The molecule has 0 atom stereocenters. The van der Waals surface area contributed by atoms with Crippen LogP contribution in [0.1, 0.15) is 6.92 Å². The van der Waals surface area contributed by atoms with Crippen LogP contribution in [0.2, 0.25) is 0 Å². The van der Waals surface area contributed by atoms with Gasteiger partial charge in [0.05, 0.1) is 0 Å². The van der Waals surface area contributed by atoms with Crippen molar-refractivity contribution in [3.63, 3.8) is 0 Å². The molecule has 4 heterocycles. The first-order valence-electron chi connectivity index (χ1n) is 4.68. The van der Waals surface area contributed by atoms with Crippen LogP contribution in [0.3, 0.4) is 0 Å². The van der Waals surface area contributed by atoms with Crippen molar-refractivity contribution in [2.75, 3.05) is 19.8 Å². The van der Waals surface area contributed by atoms with Crippen LogP contribution in [0, 0.1) is 5.41 Å². The van der Waals surface area contributed by atoms with Crippen molar-refractivity contribution in [2.24, 2.45) is 5.41 Å². The minimum absolute atomic E-state index is 0. The summed E-state index contributed by atoms with van der Waals surface area (Å²) in [4.78, 5) is 5.01. The Hall–Kier alpha value is 0.172. The molecule has 3 aliphatic heterocycles. The molecular formula is C8H11BLiNO3S. The maximum atomic E-state index is 5.68. The molecule has 1 aromatic rings. The van der Waals surface area contributed by atoms with Crippen molar-refractivity contribution in [2.45, 2.75) is 6.92 Å². The fraction of sp³-hybridized carbons (Fsp3) is 0.625. The van der Waals surface area contributed by atoms with Crippen LogP contribution in [0.4, 0.5) is 0 Å². The van der Waals surface area contributed by atoms with Crippen molar-refractivity contribution in [1.29, 1.82) is 0 Å². The third-order valence-electron chi connectivity index (χ3n) is 2.71. The van der Waals surface area contributed by atoms with Gasteiger partial charge in [0.25, 0.3) is 0 Å². The Labute approximate surface area is 105 Å². The second-order valence-electron chi connectivity index (χ2n) is 4.26. The molecule has 0 aromatic carbocycles. The third kappa shape index (κ3) is 1.80. The quantitative estimate of drug-likeness (QED) is 0.485. The zero-order valence-electron chi connectivity index (χ0n) is 8.93. The summed E-state index contributed by atoms with van der Waals surface area (Å²) in [7, 11) is 0. The van der Waals surface area contributed by atoms with Gasteiger partial charge in [-0.15, -0.1) is 0 Å². The van der Waals surface area contributed by atoms with E-state index in [2.05, 4.69) is 11.9 Å². The summed E-state index contributed by atoms with van der Waals surface area (Å²) in [5.74, 6) is 0. The first-order chi connectivity index (χ1) is 6.73. The molecule has 1 aromatic heterocycles. The van der Waals surface area contributed by atoms with Crippen LogP contribution in [-0.2, 0) is 14.0 Å². The van der Waals surface area contributed by atoms with Crippen LogP contribution < -0.4 is 23.8 Å². The van der Waals surface area contributed by atoms with E-state index in [4.69, 9.17) is 14.0 Å². The van der Waals surface area contributed by atoms with Crippen LogP contribution in [-0.4, -0.2) is 31.6 Å². The Kier molecular flexibility index (Phi) is 3.01. The molecule has 0 saturated carbocycles. The van der Waals surface area contributed by atoms with E-state index in [0.29, 0.717) is 19.8 Å². The summed E-state index contributed by atoms with van der Waals surface area (Å²) >= 11 is 1.52. The average Bonchev–Trinajstić information content (AvgIpc) is 2.73. The maximum Gasteiger partial charge on any atom is 1.00 e. The van der Waals surface area contributed by atoms with E-state index >= 15 is 0 Å². The van der Waals surface area contributed by atoms with E-state index in [1.165, 1.54) is 11.3 Å². The van der Waals surface area contributed by atoms with Gasteiger partial charge in [-0.25, -0.2) is 0 Å². The molecule has 4 nitrogen and oxygen atoms in total. The van der Waals surface area contributed by atoms with Gasteiger partial charge in [0, 0.05) is 41.7 Å². The summed E-state index contributed by atoms with van der Waals surface area (Å²) in [6, 6.07) is 0. The van der Waals surface area contributed by atoms with Gasteiger partial charge in [0.2, 0.25) is 0 Å². The first kappa shape index (κ1) is 11.7. The molecule has 0 unspecified atom stereocenters. The van der Waals surface area contributed by atoms with Crippen LogP contribution in [0.25, 0.3) is 0 Å². The van der Waals surface area contributed by atoms with Crippen LogP contribution in [0.5, 0.6) is 0 Å². The molecule has 15 heavy (non-hydrogen) atoms. The first-order valence-corrected chi connectivity index (χ1v) is 5.56. The van der Waals surface area contributed by atoms with E-state index in [0.717, 1.165) is 4.91 Å². The van der Waals surface area contributed by atoms with Crippen molar-refractivity contribution in [1.82, 2.24) is 4.98 Å². The number of nitrogens with zero attached hydrogens (tertiary/aromatic N) is 1. The second kappa shape index (κ2) is 3.88. The van der Waals surface area contributed by atoms with Gasteiger partial charge >= 0.3 is 25.6 Å². The molecule has 76 valence electrons. The van der Waals surface area contributed by atoms with Crippen molar-refractivity contribution >= 4 is 23.0 Å². The smallest absolute Gasteiger partial charge is 0.539 e. The van der Waals surface area contributed by atoms with E-state index < -0.39 is 6.75 Å². The SMILES string of the molecule is CC12CO[B-](c3nccs3)(OC1)OC2.[Li+]. The Morgan fingerprint density at radius 1 is 1.33 bits per heavy atom. The molecule has 7 heteroatoms. The van der Waals surface area contributed by atoms with E-state index in [9.17, 15) is 0 Å². The summed E-state index contributed by atoms with van der Waals surface area (Å²) in [6.45, 7) is 2.50. The zero-order chi connectivity index (χ0) is 9.65. The maximum absolute atomic E-state index is 5.68. The molecule has 3 aliphatic rings. The number of thiazole rings is 1. The predicted octanol–water partition coefficient (Wildman–Crippen LogP) is -2.62. The molecule has 4 rings (SSSR count). The molecule has 0 N–H and O–H groups in total.